The molecule has 2 rings (SSSR count). The van der Waals surface area contributed by atoms with Gasteiger partial charge in [0.15, 0.2) is 16.4 Å². The van der Waals surface area contributed by atoms with Crippen molar-refractivity contribution in [3.05, 3.63) is 59.7 Å². The topological polar surface area (TPSA) is 113 Å². The zero-order valence-corrected chi connectivity index (χ0v) is 14.7. The first kappa shape index (κ1) is 19.1. The molecule has 8 heteroatoms. The fourth-order valence-corrected chi connectivity index (χ4v) is 3.04. The summed E-state index contributed by atoms with van der Waals surface area (Å²) in [4.78, 5) is 23.8. The number of nitrogens with one attached hydrogen (secondary N) is 1. The summed E-state index contributed by atoms with van der Waals surface area (Å²) in [5.74, 6) is -1.46. The number of nitriles is 1. The average Bonchev–Trinajstić information content (AvgIpc) is 2.61. The average molecular weight is 372 g/mol. The van der Waals surface area contributed by atoms with Crippen molar-refractivity contribution < 1.29 is 22.7 Å². The van der Waals surface area contributed by atoms with Gasteiger partial charge < -0.3 is 10.1 Å². The summed E-state index contributed by atoms with van der Waals surface area (Å²) < 4.78 is 28.3. The number of hydrogen-bond donors (Lipinski definition) is 1. The van der Waals surface area contributed by atoms with Gasteiger partial charge in [0.2, 0.25) is 0 Å². The molecule has 0 aliphatic carbocycles. The van der Waals surface area contributed by atoms with Crippen LogP contribution >= 0.6 is 0 Å². The summed E-state index contributed by atoms with van der Waals surface area (Å²) >= 11 is 0. The molecular weight excluding hydrogens is 356 g/mol. The van der Waals surface area contributed by atoms with Crippen LogP contribution in [0.2, 0.25) is 0 Å². The van der Waals surface area contributed by atoms with Crippen LogP contribution in [0.4, 0.5) is 5.69 Å². The minimum Gasteiger partial charge on any atom is -0.452 e. The monoisotopic (exact) mass is 372 g/mol. The lowest BCUT2D eigenvalue weighted by atomic mass is 10.1. The number of carbonyl (C=O) groups is 2. The summed E-state index contributed by atoms with van der Waals surface area (Å²) in [5, 5.41) is 11.2. The van der Waals surface area contributed by atoms with Crippen molar-refractivity contribution in [1.82, 2.24) is 0 Å². The Bertz CT molecular complexity index is 960. The van der Waals surface area contributed by atoms with Gasteiger partial charge in [0, 0.05) is 11.9 Å². The highest BCUT2D eigenvalue weighted by atomic mass is 32.2. The number of rotatable bonds is 6. The molecule has 0 heterocycles. The molecule has 1 N–H and O–H groups in total. The van der Waals surface area contributed by atoms with Crippen molar-refractivity contribution in [3.63, 3.8) is 0 Å². The number of amides is 1. The Balaban J connectivity index is 1.97. The van der Waals surface area contributed by atoms with E-state index < -0.39 is 28.3 Å². The predicted octanol–water partition coefficient (Wildman–Crippen LogP) is 1.95. The van der Waals surface area contributed by atoms with Crippen LogP contribution in [0.5, 0.6) is 0 Å². The van der Waals surface area contributed by atoms with Crippen LogP contribution in [0.25, 0.3) is 0 Å². The van der Waals surface area contributed by atoms with Crippen molar-refractivity contribution in [2.75, 3.05) is 18.2 Å². The minimum atomic E-state index is -3.60. The Hall–Kier alpha value is -3.18. The third-order valence-corrected chi connectivity index (χ3v) is 4.52. The van der Waals surface area contributed by atoms with Crippen molar-refractivity contribution in [2.45, 2.75) is 11.3 Å². The smallest absolute Gasteiger partial charge is 0.339 e. The van der Waals surface area contributed by atoms with Gasteiger partial charge in [-0.25, -0.2) is 13.2 Å². The zero-order chi connectivity index (χ0) is 19.2. The van der Waals surface area contributed by atoms with E-state index in [4.69, 9.17) is 10.00 Å². The molecular formula is C18H16N2O5S. The first-order valence-electron chi connectivity index (χ1n) is 7.53. The van der Waals surface area contributed by atoms with Crippen molar-refractivity contribution in [2.24, 2.45) is 0 Å². The molecule has 0 aliphatic rings. The van der Waals surface area contributed by atoms with Gasteiger partial charge in [0.1, 0.15) is 0 Å². The first-order chi connectivity index (χ1) is 12.3. The van der Waals surface area contributed by atoms with E-state index in [9.17, 15) is 18.0 Å². The van der Waals surface area contributed by atoms with E-state index in [1.807, 2.05) is 6.07 Å². The van der Waals surface area contributed by atoms with E-state index in [1.165, 1.54) is 24.3 Å². The second-order valence-electron chi connectivity index (χ2n) is 5.42. The van der Waals surface area contributed by atoms with E-state index in [2.05, 4.69) is 5.32 Å². The van der Waals surface area contributed by atoms with Crippen LogP contribution in [0, 0.1) is 11.3 Å². The molecule has 0 aromatic heterocycles. The lowest BCUT2D eigenvalue weighted by molar-refractivity contribution is -0.119. The molecule has 2 aromatic rings. The van der Waals surface area contributed by atoms with E-state index >= 15 is 0 Å². The van der Waals surface area contributed by atoms with Crippen molar-refractivity contribution >= 4 is 27.4 Å². The Morgan fingerprint density at radius 2 is 1.77 bits per heavy atom. The largest absolute Gasteiger partial charge is 0.452 e. The van der Waals surface area contributed by atoms with Crippen molar-refractivity contribution in [1.29, 1.82) is 5.26 Å². The maximum Gasteiger partial charge on any atom is 0.339 e. The highest BCUT2D eigenvalue weighted by Gasteiger charge is 2.20. The molecule has 7 nitrogen and oxygen atoms in total. The maximum absolute atomic E-state index is 12.1. The molecule has 0 saturated carbocycles. The van der Waals surface area contributed by atoms with Crippen molar-refractivity contribution in [3.8, 4) is 6.07 Å². The molecule has 0 bridgehead atoms. The molecule has 2 aromatic carbocycles. The third kappa shape index (κ3) is 5.16. The number of ether oxygens (including phenoxy) is 1. The second-order valence-corrected chi connectivity index (χ2v) is 7.41. The van der Waals surface area contributed by atoms with E-state index in [1.54, 1.807) is 24.3 Å². The lowest BCUT2D eigenvalue weighted by Crippen LogP contribution is -2.21. The summed E-state index contributed by atoms with van der Waals surface area (Å²) in [6.45, 7) is -0.559. The first-order valence-corrected chi connectivity index (χ1v) is 9.42. The predicted molar refractivity (Wildman–Crippen MR) is 94.2 cm³/mol. The summed E-state index contributed by atoms with van der Waals surface area (Å²) in [5.41, 5.74) is 1.18. The fourth-order valence-electron chi connectivity index (χ4n) is 2.16. The van der Waals surface area contributed by atoms with Gasteiger partial charge in [-0.05, 0) is 29.8 Å². The number of carbonyl (C=O) groups excluding carboxylic acids is 2. The number of hydrogen-bond acceptors (Lipinski definition) is 6. The van der Waals surface area contributed by atoms with Gasteiger partial charge in [-0.1, -0.05) is 24.3 Å². The quantitative estimate of drug-likeness (QED) is 0.776. The number of nitrogens with zero attached hydrogens (tertiary/aromatic N) is 1. The van der Waals surface area contributed by atoms with Crippen LogP contribution in [0.1, 0.15) is 15.9 Å². The highest BCUT2D eigenvalue weighted by Crippen LogP contribution is 2.16. The molecule has 0 fully saturated rings. The minimum absolute atomic E-state index is 0.122. The third-order valence-electron chi connectivity index (χ3n) is 3.36. The summed E-state index contributed by atoms with van der Waals surface area (Å²) in [6, 6.07) is 14.3. The molecule has 0 radical (unpaired) electrons. The standard InChI is InChI=1S/C18H16N2O5S/c1-26(23,24)16-5-3-2-4-15(16)18(22)25-12-17(21)20-14-8-6-13(7-9-14)10-11-19/h2-9H,10,12H2,1H3,(H,20,21). The molecule has 0 spiro atoms. The fraction of sp³-hybridized carbons (Fsp3) is 0.167. The summed E-state index contributed by atoms with van der Waals surface area (Å²) in [7, 11) is -3.60. The normalized spacial score (nSPS) is 10.6. The number of esters is 1. The van der Waals surface area contributed by atoms with Crippen LogP contribution in [-0.4, -0.2) is 33.2 Å². The van der Waals surface area contributed by atoms with Gasteiger partial charge in [0.05, 0.1) is 22.9 Å². The zero-order valence-electron chi connectivity index (χ0n) is 13.9. The van der Waals surface area contributed by atoms with E-state index in [-0.39, 0.29) is 16.9 Å². The van der Waals surface area contributed by atoms with Crippen LogP contribution < -0.4 is 5.32 Å². The van der Waals surface area contributed by atoms with Crippen LogP contribution in [0.15, 0.2) is 53.4 Å². The molecule has 0 aliphatic heterocycles. The second kappa shape index (κ2) is 8.27. The molecule has 26 heavy (non-hydrogen) atoms. The number of benzene rings is 2. The van der Waals surface area contributed by atoms with Gasteiger partial charge in [0.25, 0.3) is 5.91 Å². The van der Waals surface area contributed by atoms with Crippen LogP contribution in [-0.2, 0) is 25.8 Å². The van der Waals surface area contributed by atoms with Gasteiger partial charge in [-0.3, -0.25) is 4.79 Å². The SMILES string of the molecule is CS(=O)(=O)c1ccccc1C(=O)OCC(=O)Nc1ccc(CC#N)cc1. The maximum atomic E-state index is 12.1. The summed E-state index contributed by atoms with van der Waals surface area (Å²) in [6.07, 6.45) is 1.26. The van der Waals surface area contributed by atoms with Crippen LogP contribution in [0.3, 0.4) is 0 Å². The Morgan fingerprint density at radius 1 is 1.12 bits per heavy atom. The van der Waals surface area contributed by atoms with Gasteiger partial charge in [-0.15, -0.1) is 0 Å². The lowest BCUT2D eigenvalue weighted by Gasteiger charge is -2.09. The molecule has 1 amide bonds. The van der Waals surface area contributed by atoms with Gasteiger partial charge in [-0.2, -0.15) is 5.26 Å². The number of anilines is 1. The van der Waals surface area contributed by atoms with Gasteiger partial charge >= 0.3 is 5.97 Å². The Kier molecular flexibility index (Phi) is 6.09. The molecule has 0 atom stereocenters. The molecule has 0 unspecified atom stereocenters. The Morgan fingerprint density at radius 3 is 2.38 bits per heavy atom. The highest BCUT2D eigenvalue weighted by molar-refractivity contribution is 7.90. The molecule has 134 valence electrons. The number of sulfone groups is 1. The van der Waals surface area contributed by atoms with E-state index in [0.717, 1.165) is 11.8 Å². The molecule has 0 saturated heterocycles. The van der Waals surface area contributed by atoms with E-state index in [0.29, 0.717) is 5.69 Å². The Labute approximate surface area is 151 Å².